The molecule has 1 aromatic carbocycles. The highest BCUT2D eigenvalue weighted by Gasteiger charge is 2.44. The molecule has 5 nitrogen and oxygen atoms in total. The normalized spacial score (nSPS) is 16.3. The van der Waals surface area contributed by atoms with Crippen molar-refractivity contribution in [3.05, 3.63) is 42.3 Å². The van der Waals surface area contributed by atoms with E-state index in [1.165, 1.54) is 12.1 Å². The van der Waals surface area contributed by atoms with E-state index < -0.39 is 11.4 Å². The number of hydrogen-bond donors (Lipinski definition) is 2. The number of halogens is 1. The highest BCUT2D eigenvalue weighted by Crippen LogP contribution is 2.34. The van der Waals surface area contributed by atoms with E-state index in [1.807, 2.05) is 18.7 Å². The molecule has 3 rings (SSSR count). The van der Waals surface area contributed by atoms with Gasteiger partial charge in [-0.2, -0.15) is 0 Å². The van der Waals surface area contributed by atoms with Crippen molar-refractivity contribution >= 4 is 11.5 Å². The molecule has 2 aromatic rings. The first-order valence-electron chi connectivity index (χ1n) is 7.54. The molecule has 23 heavy (non-hydrogen) atoms. The van der Waals surface area contributed by atoms with E-state index in [0.717, 1.165) is 5.82 Å². The van der Waals surface area contributed by atoms with Crippen LogP contribution in [0.15, 0.2) is 36.5 Å². The number of nitrogens with zero attached hydrogens (tertiary/aromatic N) is 2. The lowest BCUT2D eigenvalue weighted by Gasteiger charge is -2.49. The zero-order valence-corrected chi connectivity index (χ0v) is 13.2. The van der Waals surface area contributed by atoms with Crippen molar-refractivity contribution in [3.63, 3.8) is 0 Å². The fourth-order valence-electron chi connectivity index (χ4n) is 2.49. The number of ether oxygens (including phenoxy) is 1. The first-order valence-corrected chi connectivity index (χ1v) is 7.54. The standard InChI is InChI=1S/C17H20FN3O2/c1-11(2)17(22)9-21(10-17)16-8-13(5-6-20-16)23-12-3-4-15(19)14(18)7-12/h3-8,11,22H,9-10,19H2,1-2H3. The SMILES string of the molecule is CC(C)C1(O)CN(c2cc(Oc3ccc(N)c(F)c3)ccn2)C1. The van der Waals surface area contributed by atoms with Crippen molar-refractivity contribution in [2.75, 3.05) is 23.7 Å². The van der Waals surface area contributed by atoms with Crippen molar-refractivity contribution in [1.82, 2.24) is 4.98 Å². The lowest BCUT2D eigenvalue weighted by Crippen LogP contribution is -2.65. The van der Waals surface area contributed by atoms with Gasteiger partial charge in [-0.1, -0.05) is 13.8 Å². The number of aromatic nitrogens is 1. The monoisotopic (exact) mass is 317 g/mol. The van der Waals surface area contributed by atoms with Crippen LogP contribution in [0.25, 0.3) is 0 Å². The van der Waals surface area contributed by atoms with Gasteiger partial charge < -0.3 is 20.5 Å². The third-order valence-corrected chi connectivity index (χ3v) is 4.25. The van der Waals surface area contributed by atoms with Crippen LogP contribution in [0, 0.1) is 11.7 Å². The van der Waals surface area contributed by atoms with E-state index in [2.05, 4.69) is 4.98 Å². The molecule has 1 aromatic heterocycles. The van der Waals surface area contributed by atoms with Gasteiger partial charge in [0.05, 0.1) is 18.8 Å². The maximum Gasteiger partial charge on any atom is 0.149 e. The van der Waals surface area contributed by atoms with Gasteiger partial charge >= 0.3 is 0 Å². The summed E-state index contributed by atoms with van der Waals surface area (Å²) in [6.45, 7) is 5.08. The number of nitrogen functional groups attached to an aromatic ring is 1. The zero-order valence-electron chi connectivity index (χ0n) is 13.2. The van der Waals surface area contributed by atoms with Gasteiger partial charge in [0.2, 0.25) is 0 Å². The van der Waals surface area contributed by atoms with Crippen LogP contribution in [0.2, 0.25) is 0 Å². The van der Waals surface area contributed by atoms with Crippen molar-refractivity contribution in [1.29, 1.82) is 0 Å². The van der Waals surface area contributed by atoms with E-state index in [4.69, 9.17) is 10.5 Å². The average molecular weight is 317 g/mol. The van der Waals surface area contributed by atoms with Crippen LogP contribution < -0.4 is 15.4 Å². The minimum Gasteiger partial charge on any atom is -0.457 e. The summed E-state index contributed by atoms with van der Waals surface area (Å²) in [5.41, 5.74) is 4.87. The third-order valence-electron chi connectivity index (χ3n) is 4.25. The number of β-amino-alcohol motifs (C(OH)–C–C–N with tert-alkyl or cyclic N) is 1. The predicted molar refractivity (Wildman–Crippen MR) is 87.1 cm³/mol. The number of pyridine rings is 1. The Labute approximate surface area is 134 Å². The highest BCUT2D eigenvalue weighted by molar-refractivity contribution is 5.49. The number of benzene rings is 1. The molecule has 6 heteroatoms. The molecule has 1 aliphatic heterocycles. The Morgan fingerprint density at radius 1 is 1.26 bits per heavy atom. The molecule has 0 radical (unpaired) electrons. The van der Waals surface area contributed by atoms with E-state index in [9.17, 15) is 9.50 Å². The summed E-state index contributed by atoms with van der Waals surface area (Å²) in [5, 5.41) is 10.3. The van der Waals surface area contributed by atoms with Gasteiger partial charge in [0.15, 0.2) is 0 Å². The number of hydrogen-bond acceptors (Lipinski definition) is 5. The second kappa shape index (κ2) is 5.70. The quantitative estimate of drug-likeness (QED) is 0.849. The molecule has 0 unspecified atom stereocenters. The van der Waals surface area contributed by atoms with Crippen molar-refractivity contribution in [2.45, 2.75) is 19.4 Å². The van der Waals surface area contributed by atoms with Crippen molar-refractivity contribution in [2.24, 2.45) is 5.92 Å². The van der Waals surface area contributed by atoms with Gasteiger partial charge in [-0.3, -0.25) is 0 Å². The molecule has 0 aliphatic carbocycles. The largest absolute Gasteiger partial charge is 0.457 e. The first kappa shape index (κ1) is 15.6. The number of rotatable bonds is 4. The minimum atomic E-state index is -0.668. The molecular weight excluding hydrogens is 297 g/mol. The fourth-order valence-corrected chi connectivity index (χ4v) is 2.49. The molecule has 0 spiro atoms. The van der Waals surface area contributed by atoms with Gasteiger partial charge in [0.1, 0.15) is 28.7 Å². The second-order valence-corrected chi connectivity index (χ2v) is 6.25. The zero-order chi connectivity index (χ0) is 16.6. The highest BCUT2D eigenvalue weighted by atomic mass is 19.1. The van der Waals surface area contributed by atoms with E-state index >= 15 is 0 Å². The molecule has 2 heterocycles. The first-order chi connectivity index (χ1) is 10.9. The molecule has 3 N–H and O–H groups in total. The van der Waals surface area contributed by atoms with Crippen LogP contribution in [0.1, 0.15) is 13.8 Å². The lowest BCUT2D eigenvalue weighted by molar-refractivity contribution is -0.0304. The van der Waals surface area contributed by atoms with Crippen molar-refractivity contribution in [3.8, 4) is 11.5 Å². The summed E-state index contributed by atoms with van der Waals surface area (Å²) in [4.78, 5) is 6.28. The molecule has 1 fully saturated rings. The maximum atomic E-state index is 13.5. The summed E-state index contributed by atoms with van der Waals surface area (Å²) in [6.07, 6.45) is 1.63. The molecule has 1 saturated heterocycles. The summed E-state index contributed by atoms with van der Waals surface area (Å²) in [5.74, 6) is 1.33. The molecule has 1 aliphatic rings. The van der Waals surface area contributed by atoms with Crippen LogP contribution in [0.3, 0.4) is 0 Å². The number of aliphatic hydroxyl groups is 1. The Bertz CT molecular complexity index is 715. The van der Waals surface area contributed by atoms with Crippen LogP contribution in [0.5, 0.6) is 11.5 Å². The smallest absolute Gasteiger partial charge is 0.149 e. The minimum absolute atomic E-state index is 0.0846. The third kappa shape index (κ3) is 3.07. The summed E-state index contributed by atoms with van der Waals surface area (Å²) < 4.78 is 19.1. The van der Waals surface area contributed by atoms with Crippen LogP contribution in [-0.2, 0) is 0 Å². The van der Waals surface area contributed by atoms with E-state index in [0.29, 0.717) is 24.6 Å². The molecule has 0 saturated carbocycles. The van der Waals surface area contributed by atoms with Gasteiger partial charge in [0.25, 0.3) is 0 Å². The Hall–Kier alpha value is -2.34. The van der Waals surface area contributed by atoms with Gasteiger partial charge in [-0.25, -0.2) is 9.37 Å². The van der Waals surface area contributed by atoms with Gasteiger partial charge in [0, 0.05) is 18.3 Å². The molecule has 0 atom stereocenters. The van der Waals surface area contributed by atoms with Gasteiger partial charge in [-0.05, 0) is 24.1 Å². The number of nitrogens with two attached hydrogens (primary N) is 1. The Kier molecular flexibility index (Phi) is 3.85. The Balaban J connectivity index is 1.72. The Morgan fingerprint density at radius 2 is 1.96 bits per heavy atom. The summed E-state index contributed by atoms with van der Waals surface area (Å²) in [6, 6.07) is 7.79. The fraction of sp³-hybridized carbons (Fsp3) is 0.353. The van der Waals surface area contributed by atoms with E-state index in [1.54, 1.807) is 24.4 Å². The molecule has 0 bridgehead atoms. The van der Waals surface area contributed by atoms with E-state index in [-0.39, 0.29) is 11.6 Å². The van der Waals surface area contributed by atoms with Crippen LogP contribution in [-0.4, -0.2) is 28.8 Å². The molecule has 0 amide bonds. The second-order valence-electron chi connectivity index (χ2n) is 6.25. The topological polar surface area (TPSA) is 71.6 Å². The Morgan fingerprint density at radius 3 is 2.61 bits per heavy atom. The number of anilines is 2. The van der Waals surface area contributed by atoms with Gasteiger partial charge in [-0.15, -0.1) is 0 Å². The van der Waals surface area contributed by atoms with Crippen molar-refractivity contribution < 1.29 is 14.2 Å². The van der Waals surface area contributed by atoms with Crippen LogP contribution >= 0.6 is 0 Å². The van der Waals surface area contributed by atoms with Crippen LogP contribution in [0.4, 0.5) is 15.9 Å². The lowest BCUT2D eigenvalue weighted by atomic mass is 9.83. The summed E-state index contributed by atoms with van der Waals surface area (Å²) in [7, 11) is 0. The molecular formula is C17H20FN3O2. The average Bonchev–Trinajstić information content (AvgIpc) is 2.48. The summed E-state index contributed by atoms with van der Waals surface area (Å²) >= 11 is 0. The molecule has 122 valence electrons. The predicted octanol–water partition coefficient (Wildman–Crippen LogP) is 2.80. The maximum absolute atomic E-state index is 13.5.